The van der Waals surface area contributed by atoms with Crippen molar-refractivity contribution in [2.24, 2.45) is 0 Å². The molecule has 112 valence electrons. The number of aliphatic hydroxyl groups is 1. The standard InChI is InChI=1S/C12H14ClN5O3/c13-11-6-10(18(20)21)2-3-12(11)14-7-9-8-17(16-15-9)4-1-5-19/h2-3,6,8,14,19H,1,4-5,7H2. The zero-order valence-electron chi connectivity index (χ0n) is 11.1. The highest BCUT2D eigenvalue weighted by molar-refractivity contribution is 6.33. The molecular weight excluding hydrogens is 298 g/mol. The van der Waals surface area contributed by atoms with Crippen molar-refractivity contribution in [2.75, 3.05) is 11.9 Å². The number of hydrogen-bond donors (Lipinski definition) is 2. The molecule has 0 saturated carbocycles. The van der Waals surface area contributed by atoms with Crippen LogP contribution in [0.1, 0.15) is 12.1 Å². The molecule has 0 radical (unpaired) electrons. The summed E-state index contributed by atoms with van der Waals surface area (Å²) in [6.07, 6.45) is 2.38. The molecule has 0 atom stereocenters. The molecule has 0 unspecified atom stereocenters. The molecule has 21 heavy (non-hydrogen) atoms. The van der Waals surface area contributed by atoms with Gasteiger partial charge in [-0.3, -0.25) is 14.8 Å². The number of non-ortho nitro benzene ring substituents is 1. The van der Waals surface area contributed by atoms with Crippen LogP contribution in [0.25, 0.3) is 0 Å². The van der Waals surface area contributed by atoms with E-state index in [9.17, 15) is 10.1 Å². The lowest BCUT2D eigenvalue weighted by Gasteiger charge is -2.06. The molecular formula is C12H14ClN5O3. The number of aromatic nitrogens is 3. The first-order valence-electron chi connectivity index (χ1n) is 6.28. The number of benzene rings is 1. The van der Waals surface area contributed by atoms with E-state index in [1.807, 2.05) is 0 Å². The zero-order valence-corrected chi connectivity index (χ0v) is 11.8. The minimum atomic E-state index is -0.498. The summed E-state index contributed by atoms with van der Waals surface area (Å²) in [7, 11) is 0. The van der Waals surface area contributed by atoms with Crippen LogP contribution in [-0.4, -0.2) is 31.6 Å². The topological polar surface area (TPSA) is 106 Å². The monoisotopic (exact) mass is 311 g/mol. The van der Waals surface area contributed by atoms with Crippen molar-refractivity contribution in [3.05, 3.63) is 45.2 Å². The Labute approximate surface area is 125 Å². The molecule has 2 N–H and O–H groups in total. The van der Waals surface area contributed by atoms with Gasteiger partial charge in [-0.05, 0) is 12.5 Å². The number of aryl methyl sites for hydroxylation is 1. The second-order valence-corrected chi connectivity index (χ2v) is 4.73. The molecule has 0 aliphatic rings. The molecule has 2 rings (SSSR count). The number of hydrogen-bond acceptors (Lipinski definition) is 6. The average Bonchev–Trinajstić information content (AvgIpc) is 2.91. The quantitative estimate of drug-likeness (QED) is 0.597. The normalized spacial score (nSPS) is 10.6. The molecule has 8 nitrogen and oxygen atoms in total. The van der Waals surface area contributed by atoms with E-state index in [0.717, 1.165) is 0 Å². The summed E-state index contributed by atoms with van der Waals surface area (Å²) < 4.78 is 1.64. The van der Waals surface area contributed by atoms with Crippen LogP contribution in [0.4, 0.5) is 11.4 Å². The van der Waals surface area contributed by atoms with Gasteiger partial charge in [-0.25, -0.2) is 0 Å². The minimum Gasteiger partial charge on any atom is -0.396 e. The summed E-state index contributed by atoms with van der Waals surface area (Å²) in [6.45, 7) is 1.10. The Morgan fingerprint density at radius 2 is 2.29 bits per heavy atom. The average molecular weight is 312 g/mol. The maximum Gasteiger partial charge on any atom is 0.271 e. The lowest BCUT2D eigenvalue weighted by molar-refractivity contribution is -0.384. The summed E-state index contributed by atoms with van der Waals surface area (Å²) in [4.78, 5) is 10.1. The number of halogens is 1. The molecule has 0 aliphatic heterocycles. The van der Waals surface area contributed by atoms with Crippen LogP contribution < -0.4 is 5.32 Å². The Morgan fingerprint density at radius 3 is 2.95 bits per heavy atom. The molecule has 0 saturated heterocycles. The number of aliphatic hydroxyl groups excluding tert-OH is 1. The van der Waals surface area contributed by atoms with Gasteiger partial charge in [0.15, 0.2) is 0 Å². The Morgan fingerprint density at radius 1 is 1.48 bits per heavy atom. The summed E-state index contributed by atoms with van der Waals surface area (Å²) in [5, 5.41) is 30.6. The SMILES string of the molecule is O=[N+]([O-])c1ccc(NCc2cn(CCCO)nn2)c(Cl)c1. The lowest BCUT2D eigenvalue weighted by Crippen LogP contribution is -2.01. The highest BCUT2D eigenvalue weighted by Gasteiger charge is 2.09. The number of anilines is 1. The van der Waals surface area contributed by atoms with Gasteiger partial charge in [0, 0.05) is 25.3 Å². The Kier molecular flexibility index (Phi) is 5.07. The van der Waals surface area contributed by atoms with Gasteiger partial charge in [-0.1, -0.05) is 16.8 Å². The third-order valence-electron chi connectivity index (χ3n) is 2.75. The lowest BCUT2D eigenvalue weighted by atomic mass is 10.3. The van der Waals surface area contributed by atoms with Crippen LogP contribution in [0.2, 0.25) is 5.02 Å². The molecule has 0 bridgehead atoms. The van der Waals surface area contributed by atoms with Crippen molar-refractivity contribution in [1.82, 2.24) is 15.0 Å². The van der Waals surface area contributed by atoms with E-state index in [1.54, 1.807) is 16.9 Å². The molecule has 1 aromatic heterocycles. The number of nitro groups is 1. The van der Waals surface area contributed by atoms with Crippen molar-refractivity contribution in [3.63, 3.8) is 0 Å². The van der Waals surface area contributed by atoms with Crippen molar-refractivity contribution >= 4 is 23.0 Å². The number of rotatable bonds is 7. The second kappa shape index (κ2) is 7.00. The van der Waals surface area contributed by atoms with E-state index in [0.29, 0.717) is 30.9 Å². The van der Waals surface area contributed by atoms with Crippen molar-refractivity contribution in [1.29, 1.82) is 0 Å². The van der Waals surface area contributed by atoms with Gasteiger partial charge in [0.2, 0.25) is 0 Å². The van der Waals surface area contributed by atoms with Gasteiger partial charge in [0.25, 0.3) is 5.69 Å². The van der Waals surface area contributed by atoms with Gasteiger partial charge in [-0.15, -0.1) is 5.10 Å². The zero-order chi connectivity index (χ0) is 15.2. The molecule has 0 aliphatic carbocycles. The van der Waals surface area contributed by atoms with E-state index in [4.69, 9.17) is 16.7 Å². The summed E-state index contributed by atoms with van der Waals surface area (Å²) >= 11 is 5.98. The molecule has 2 aromatic rings. The third-order valence-corrected chi connectivity index (χ3v) is 3.07. The molecule has 0 fully saturated rings. The fourth-order valence-electron chi connectivity index (χ4n) is 1.71. The van der Waals surface area contributed by atoms with E-state index in [2.05, 4.69) is 15.6 Å². The van der Waals surface area contributed by atoms with E-state index < -0.39 is 4.92 Å². The maximum atomic E-state index is 10.6. The first-order chi connectivity index (χ1) is 10.1. The fraction of sp³-hybridized carbons (Fsp3) is 0.333. The Bertz CT molecular complexity index is 631. The summed E-state index contributed by atoms with van der Waals surface area (Å²) in [6, 6.07) is 4.23. The highest BCUT2D eigenvalue weighted by Crippen LogP contribution is 2.26. The third kappa shape index (κ3) is 4.14. The Hall–Kier alpha value is -2.19. The molecule has 1 heterocycles. The first-order valence-corrected chi connectivity index (χ1v) is 6.65. The fourth-order valence-corrected chi connectivity index (χ4v) is 1.95. The highest BCUT2D eigenvalue weighted by atomic mass is 35.5. The van der Waals surface area contributed by atoms with Gasteiger partial charge in [0.05, 0.1) is 28.4 Å². The van der Waals surface area contributed by atoms with Crippen LogP contribution in [0.15, 0.2) is 24.4 Å². The maximum absolute atomic E-state index is 10.6. The van der Waals surface area contributed by atoms with E-state index in [1.165, 1.54) is 12.1 Å². The van der Waals surface area contributed by atoms with E-state index >= 15 is 0 Å². The molecule has 0 spiro atoms. The number of nitrogens with zero attached hydrogens (tertiary/aromatic N) is 4. The van der Waals surface area contributed by atoms with Crippen molar-refractivity contribution < 1.29 is 10.0 Å². The van der Waals surface area contributed by atoms with Crippen molar-refractivity contribution in [2.45, 2.75) is 19.5 Å². The van der Waals surface area contributed by atoms with Gasteiger partial charge < -0.3 is 10.4 Å². The first kappa shape index (κ1) is 15.2. The number of nitro benzene ring substituents is 1. The van der Waals surface area contributed by atoms with Crippen LogP contribution in [0.5, 0.6) is 0 Å². The molecule has 9 heteroatoms. The van der Waals surface area contributed by atoms with Gasteiger partial charge >= 0.3 is 0 Å². The second-order valence-electron chi connectivity index (χ2n) is 4.32. The predicted octanol–water partition coefficient (Wildman–Crippen LogP) is 1.83. The molecule has 1 aromatic carbocycles. The summed E-state index contributed by atoms with van der Waals surface area (Å²) in [5.41, 5.74) is 1.25. The van der Waals surface area contributed by atoms with E-state index in [-0.39, 0.29) is 17.3 Å². The molecule has 0 amide bonds. The largest absolute Gasteiger partial charge is 0.396 e. The predicted molar refractivity (Wildman–Crippen MR) is 77.2 cm³/mol. The van der Waals surface area contributed by atoms with Crippen LogP contribution in [0.3, 0.4) is 0 Å². The van der Waals surface area contributed by atoms with Gasteiger partial charge in [-0.2, -0.15) is 0 Å². The smallest absolute Gasteiger partial charge is 0.271 e. The number of nitrogens with one attached hydrogen (secondary N) is 1. The van der Waals surface area contributed by atoms with Crippen LogP contribution in [-0.2, 0) is 13.1 Å². The van der Waals surface area contributed by atoms with Crippen molar-refractivity contribution in [3.8, 4) is 0 Å². The van der Waals surface area contributed by atoms with Gasteiger partial charge in [0.1, 0.15) is 5.69 Å². The van der Waals surface area contributed by atoms with Crippen LogP contribution in [0, 0.1) is 10.1 Å². The summed E-state index contributed by atoms with van der Waals surface area (Å²) in [5.74, 6) is 0. The Balaban J connectivity index is 1.96. The van der Waals surface area contributed by atoms with Crippen LogP contribution >= 0.6 is 11.6 Å². The minimum absolute atomic E-state index is 0.0551.